The van der Waals surface area contributed by atoms with E-state index < -0.39 is 5.97 Å². The van der Waals surface area contributed by atoms with Crippen molar-refractivity contribution in [1.29, 1.82) is 0 Å². The third-order valence-corrected chi connectivity index (χ3v) is 2.70. The van der Waals surface area contributed by atoms with Gasteiger partial charge in [0.25, 0.3) is 0 Å². The van der Waals surface area contributed by atoms with Crippen LogP contribution in [0, 0.1) is 0 Å². The van der Waals surface area contributed by atoms with Gasteiger partial charge < -0.3 is 14.5 Å². The topological polar surface area (TPSA) is 68.4 Å². The lowest BCUT2D eigenvalue weighted by molar-refractivity contribution is 0.0595. The van der Waals surface area contributed by atoms with Gasteiger partial charge in [-0.1, -0.05) is 0 Å². The molecule has 1 N–H and O–H groups in total. The number of ether oxygens (including phenoxy) is 2. The summed E-state index contributed by atoms with van der Waals surface area (Å²) in [4.78, 5) is 26.2. The van der Waals surface area contributed by atoms with E-state index in [9.17, 15) is 9.59 Å². The molecule has 1 aromatic heterocycles. The highest BCUT2D eigenvalue weighted by atomic mass is 16.5. The molecule has 0 aliphatic carbocycles. The molecule has 5 heteroatoms. The van der Waals surface area contributed by atoms with Crippen LogP contribution >= 0.6 is 0 Å². The van der Waals surface area contributed by atoms with E-state index in [1.807, 2.05) is 0 Å². The molecule has 0 atom stereocenters. The molecule has 0 spiro atoms. The molecule has 0 bridgehead atoms. The standard InChI is InChI=1S/C14H13NO4/c1-18-11-5-3-9(4-6-11)13(16)10-7-12(15-8-10)14(17)19-2/h3-8,15H,1-2H3. The molecular weight excluding hydrogens is 246 g/mol. The van der Waals surface area contributed by atoms with E-state index in [0.717, 1.165) is 0 Å². The predicted molar refractivity (Wildman–Crippen MR) is 68.6 cm³/mol. The third-order valence-electron chi connectivity index (χ3n) is 2.70. The van der Waals surface area contributed by atoms with Gasteiger partial charge in [0.1, 0.15) is 11.4 Å². The fourth-order valence-electron chi connectivity index (χ4n) is 1.66. The van der Waals surface area contributed by atoms with Crippen molar-refractivity contribution >= 4 is 11.8 Å². The Kier molecular flexibility index (Phi) is 3.66. The molecule has 0 saturated heterocycles. The highest BCUT2D eigenvalue weighted by Gasteiger charge is 2.14. The Hall–Kier alpha value is -2.56. The van der Waals surface area contributed by atoms with Gasteiger partial charge in [-0.3, -0.25) is 4.79 Å². The molecule has 1 heterocycles. The summed E-state index contributed by atoms with van der Waals surface area (Å²) < 4.78 is 9.59. The van der Waals surface area contributed by atoms with E-state index in [-0.39, 0.29) is 11.5 Å². The van der Waals surface area contributed by atoms with Crippen LogP contribution in [0.4, 0.5) is 0 Å². The normalized spacial score (nSPS) is 10.0. The molecule has 0 saturated carbocycles. The smallest absolute Gasteiger partial charge is 0.354 e. The highest BCUT2D eigenvalue weighted by molar-refractivity contribution is 6.09. The third kappa shape index (κ3) is 2.65. The summed E-state index contributed by atoms with van der Waals surface area (Å²) in [6, 6.07) is 8.23. The van der Waals surface area contributed by atoms with Gasteiger partial charge >= 0.3 is 5.97 Å². The van der Waals surface area contributed by atoms with Gasteiger partial charge in [0.2, 0.25) is 0 Å². The fraction of sp³-hybridized carbons (Fsp3) is 0.143. The SMILES string of the molecule is COC(=O)c1cc(C(=O)c2ccc(OC)cc2)c[nH]1. The first-order valence-corrected chi connectivity index (χ1v) is 5.61. The van der Waals surface area contributed by atoms with Crippen LogP contribution in [0.1, 0.15) is 26.4 Å². The number of hydrogen-bond acceptors (Lipinski definition) is 4. The number of aromatic nitrogens is 1. The van der Waals surface area contributed by atoms with Crippen molar-refractivity contribution in [2.75, 3.05) is 14.2 Å². The first-order valence-electron chi connectivity index (χ1n) is 5.61. The van der Waals surface area contributed by atoms with Gasteiger partial charge in [0, 0.05) is 17.3 Å². The van der Waals surface area contributed by atoms with Crippen LogP contribution in [0.15, 0.2) is 36.5 Å². The number of carbonyl (C=O) groups excluding carboxylic acids is 2. The summed E-state index contributed by atoms with van der Waals surface area (Å²) >= 11 is 0. The number of esters is 1. The van der Waals surface area contributed by atoms with Crippen molar-refractivity contribution < 1.29 is 19.1 Å². The van der Waals surface area contributed by atoms with Gasteiger partial charge in [-0.25, -0.2) is 4.79 Å². The van der Waals surface area contributed by atoms with Crippen molar-refractivity contribution in [1.82, 2.24) is 4.98 Å². The molecule has 0 amide bonds. The zero-order valence-electron chi connectivity index (χ0n) is 10.6. The summed E-state index contributed by atoms with van der Waals surface area (Å²) in [5, 5.41) is 0. The molecule has 19 heavy (non-hydrogen) atoms. The summed E-state index contributed by atoms with van der Waals surface area (Å²) in [6.45, 7) is 0. The fourth-order valence-corrected chi connectivity index (χ4v) is 1.66. The highest BCUT2D eigenvalue weighted by Crippen LogP contribution is 2.16. The van der Waals surface area contributed by atoms with Crippen LogP contribution in [-0.2, 0) is 4.74 Å². The number of nitrogens with one attached hydrogen (secondary N) is 1. The van der Waals surface area contributed by atoms with Crippen LogP contribution < -0.4 is 4.74 Å². The van der Waals surface area contributed by atoms with Gasteiger partial charge in [0.05, 0.1) is 14.2 Å². The van der Waals surface area contributed by atoms with Crippen molar-refractivity contribution in [3.05, 3.63) is 53.3 Å². The van der Waals surface area contributed by atoms with Crippen LogP contribution in [0.25, 0.3) is 0 Å². The second-order valence-corrected chi connectivity index (χ2v) is 3.85. The van der Waals surface area contributed by atoms with Crippen molar-refractivity contribution in [2.45, 2.75) is 0 Å². The number of rotatable bonds is 4. The van der Waals surface area contributed by atoms with Gasteiger partial charge in [-0.2, -0.15) is 0 Å². The minimum atomic E-state index is -0.506. The summed E-state index contributed by atoms with van der Waals surface area (Å²) in [5.74, 6) is 0.00343. The monoisotopic (exact) mass is 259 g/mol. The van der Waals surface area contributed by atoms with E-state index in [0.29, 0.717) is 16.9 Å². The zero-order chi connectivity index (χ0) is 13.8. The van der Waals surface area contributed by atoms with Gasteiger partial charge in [-0.05, 0) is 30.3 Å². The molecule has 0 aliphatic rings. The largest absolute Gasteiger partial charge is 0.497 e. The quantitative estimate of drug-likeness (QED) is 0.674. The van der Waals surface area contributed by atoms with Gasteiger partial charge in [-0.15, -0.1) is 0 Å². The number of hydrogen-bond donors (Lipinski definition) is 1. The number of aromatic amines is 1. The van der Waals surface area contributed by atoms with Crippen molar-refractivity contribution in [2.24, 2.45) is 0 Å². The Balaban J connectivity index is 2.23. The second-order valence-electron chi connectivity index (χ2n) is 3.85. The summed E-state index contributed by atoms with van der Waals surface area (Å²) in [6.07, 6.45) is 1.48. The molecule has 0 radical (unpaired) electrons. The number of benzene rings is 1. The average Bonchev–Trinajstić information content (AvgIpc) is 2.95. The van der Waals surface area contributed by atoms with Crippen LogP contribution in [0.3, 0.4) is 0 Å². The average molecular weight is 259 g/mol. The number of H-pyrrole nitrogens is 1. The maximum atomic E-state index is 12.2. The Morgan fingerprint density at radius 3 is 2.32 bits per heavy atom. The minimum Gasteiger partial charge on any atom is -0.497 e. The van der Waals surface area contributed by atoms with E-state index in [4.69, 9.17) is 4.74 Å². The number of carbonyl (C=O) groups is 2. The molecular formula is C14H13NO4. The Morgan fingerprint density at radius 2 is 1.74 bits per heavy atom. The summed E-state index contributed by atoms with van der Waals surface area (Å²) in [5.41, 5.74) is 1.18. The maximum absolute atomic E-state index is 12.2. The minimum absolute atomic E-state index is 0.172. The van der Waals surface area contributed by atoms with Gasteiger partial charge in [0.15, 0.2) is 5.78 Å². The second kappa shape index (κ2) is 5.39. The number of ketones is 1. The Labute approximate surface area is 110 Å². The molecule has 0 aliphatic heterocycles. The van der Waals surface area contributed by atoms with Crippen LogP contribution in [0.5, 0.6) is 5.75 Å². The molecule has 5 nitrogen and oxygen atoms in total. The zero-order valence-corrected chi connectivity index (χ0v) is 10.6. The number of methoxy groups -OCH3 is 2. The predicted octanol–water partition coefficient (Wildman–Crippen LogP) is 2.04. The lowest BCUT2D eigenvalue weighted by atomic mass is 10.1. The lowest BCUT2D eigenvalue weighted by Crippen LogP contribution is -2.02. The van der Waals surface area contributed by atoms with E-state index in [1.165, 1.54) is 19.4 Å². The summed E-state index contributed by atoms with van der Waals surface area (Å²) in [7, 11) is 2.85. The van der Waals surface area contributed by atoms with E-state index in [2.05, 4.69) is 9.72 Å². The maximum Gasteiger partial charge on any atom is 0.354 e. The molecule has 98 valence electrons. The lowest BCUT2D eigenvalue weighted by Gasteiger charge is -2.01. The molecule has 2 aromatic rings. The Morgan fingerprint density at radius 1 is 1.05 bits per heavy atom. The molecule has 2 rings (SSSR count). The van der Waals surface area contributed by atoms with E-state index in [1.54, 1.807) is 31.4 Å². The first-order chi connectivity index (χ1) is 9.15. The van der Waals surface area contributed by atoms with E-state index >= 15 is 0 Å². The van der Waals surface area contributed by atoms with Crippen molar-refractivity contribution in [3.63, 3.8) is 0 Å². The van der Waals surface area contributed by atoms with Crippen LogP contribution in [0.2, 0.25) is 0 Å². The van der Waals surface area contributed by atoms with Crippen molar-refractivity contribution in [3.8, 4) is 5.75 Å². The first kappa shape index (κ1) is 12.9. The molecule has 0 unspecified atom stereocenters. The molecule has 1 aromatic carbocycles. The van der Waals surface area contributed by atoms with Crippen LogP contribution in [-0.4, -0.2) is 31.0 Å². The molecule has 0 fully saturated rings. The Bertz CT molecular complexity index is 598.